The van der Waals surface area contributed by atoms with Gasteiger partial charge in [0.15, 0.2) is 0 Å². The molecule has 0 unspecified atom stereocenters. The minimum atomic E-state index is 0.0212. The molecule has 2 aromatic rings. The summed E-state index contributed by atoms with van der Waals surface area (Å²) in [6.07, 6.45) is 3.90. The SMILES string of the molecule is CC[C@@H](C)N(CC(=O)N(Cc1ccccc1)Cc1ccc(C)s1)C(=O)C1CCC1. The number of thiophene rings is 1. The van der Waals surface area contributed by atoms with E-state index in [0.717, 1.165) is 31.2 Å². The molecule has 1 aromatic heterocycles. The Balaban J connectivity index is 1.76. The van der Waals surface area contributed by atoms with Crippen LogP contribution in [0.3, 0.4) is 0 Å². The number of amides is 2. The second-order valence-corrected chi connectivity index (χ2v) is 9.47. The Bertz CT molecular complexity index is 813. The van der Waals surface area contributed by atoms with Crippen molar-refractivity contribution >= 4 is 23.2 Å². The molecule has 29 heavy (non-hydrogen) atoms. The first-order chi connectivity index (χ1) is 14.0. The lowest BCUT2D eigenvalue weighted by atomic mass is 9.84. The second kappa shape index (κ2) is 10.1. The molecule has 1 saturated carbocycles. The number of benzene rings is 1. The fraction of sp³-hybridized carbons (Fsp3) is 0.500. The van der Waals surface area contributed by atoms with E-state index in [9.17, 15) is 9.59 Å². The van der Waals surface area contributed by atoms with Crippen LogP contribution in [0.5, 0.6) is 0 Å². The molecule has 0 bridgehead atoms. The van der Waals surface area contributed by atoms with Crippen LogP contribution >= 0.6 is 11.3 Å². The molecule has 1 aliphatic rings. The summed E-state index contributed by atoms with van der Waals surface area (Å²) in [5.74, 6) is 0.290. The van der Waals surface area contributed by atoms with Crippen molar-refractivity contribution in [2.24, 2.45) is 5.92 Å². The van der Waals surface area contributed by atoms with E-state index in [0.29, 0.717) is 13.1 Å². The van der Waals surface area contributed by atoms with Crippen molar-refractivity contribution < 1.29 is 9.59 Å². The van der Waals surface area contributed by atoms with Crippen molar-refractivity contribution in [3.8, 4) is 0 Å². The molecule has 0 saturated heterocycles. The number of carbonyl (C=O) groups excluding carboxylic acids is 2. The van der Waals surface area contributed by atoms with E-state index in [4.69, 9.17) is 0 Å². The maximum atomic E-state index is 13.4. The van der Waals surface area contributed by atoms with Crippen molar-refractivity contribution in [3.63, 3.8) is 0 Å². The molecular formula is C24H32N2O2S. The summed E-state index contributed by atoms with van der Waals surface area (Å²) in [6.45, 7) is 7.52. The molecular weight excluding hydrogens is 380 g/mol. The van der Waals surface area contributed by atoms with Gasteiger partial charge in [-0.3, -0.25) is 9.59 Å². The lowest BCUT2D eigenvalue weighted by Crippen LogP contribution is -2.49. The van der Waals surface area contributed by atoms with Gasteiger partial charge in [-0.1, -0.05) is 43.7 Å². The number of rotatable bonds is 9. The lowest BCUT2D eigenvalue weighted by Gasteiger charge is -2.36. The first-order valence-corrected chi connectivity index (χ1v) is 11.5. The van der Waals surface area contributed by atoms with Crippen LogP contribution in [0.15, 0.2) is 42.5 Å². The van der Waals surface area contributed by atoms with Gasteiger partial charge in [-0.15, -0.1) is 11.3 Å². The molecule has 156 valence electrons. The summed E-state index contributed by atoms with van der Waals surface area (Å²) in [6, 6.07) is 14.3. The van der Waals surface area contributed by atoms with Crippen molar-refractivity contribution in [2.75, 3.05) is 6.54 Å². The maximum absolute atomic E-state index is 13.4. The number of aryl methyl sites for hydroxylation is 1. The van der Waals surface area contributed by atoms with E-state index in [1.54, 1.807) is 11.3 Å². The molecule has 0 N–H and O–H groups in total. The lowest BCUT2D eigenvalue weighted by molar-refractivity contribution is -0.147. The Kier molecular flexibility index (Phi) is 7.48. The Labute approximate surface area is 178 Å². The molecule has 3 rings (SSSR count). The number of hydrogen-bond acceptors (Lipinski definition) is 3. The third-order valence-corrected chi connectivity index (χ3v) is 6.86. The van der Waals surface area contributed by atoms with Gasteiger partial charge in [-0.25, -0.2) is 0 Å². The Morgan fingerprint density at radius 3 is 2.38 bits per heavy atom. The predicted octanol–water partition coefficient (Wildman–Crippen LogP) is 5.01. The van der Waals surface area contributed by atoms with Gasteiger partial charge in [0, 0.05) is 28.3 Å². The fourth-order valence-electron chi connectivity index (χ4n) is 3.60. The van der Waals surface area contributed by atoms with Gasteiger partial charge in [0.2, 0.25) is 11.8 Å². The maximum Gasteiger partial charge on any atom is 0.242 e. The van der Waals surface area contributed by atoms with Crippen LogP contribution in [-0.2, 0) is 22.7 Å². The Morgan fingerprint density at radius 2 is 1.83 bits per heavy atom. The molecule has 1 aromatic carbocycles. The standard InChI is InChI=1S/C24H32N2O2S/c1-4-18(2)26(24(28)21-11-8-12-21)17-23(27)25(15-20-9-6-5-7-10-20)16-22-14-13-19(3)29-22/h5-7,9-10,13-14,18,21H,4,8,11-12,15-17H2,1-3H3/t18-/m1/s1. The van der Waals surface area contributed by atoms with E-state index in [1.165, 1.54) is 9.75 Å². The van der Waals surface area contributed by atoms with Crippen LogP contribution in [0.25, 0.3) is 0 Å². The van der Waals surface area contributed by atoms with E-state index in [-0.39, 0.29) is 30.3 Å². The zero-order valence-corrected chi connectivity index (χ0v) is 18.6. The topological polar surface area (TPSA) is 40.6 Å². The quantitative estimate of drug-likeness (QED) is 0.581. The zero-order valence-electron chi connectivity index (χ0n) is 17.8. The smallest absolute Gasteiger partial charge is 0.242 e. The summed E-state index contributed by atoms with van der Waals surface area (Å²) in [4.78, 5) is 32.5. The van der Waals surface area contributed by atoms with E-state index >= 15 is 0 Å². The first kappa shape index (κ1) is 21.6. The molecule has 0 aliphatic heterocycles. The van der Waals surface area contributed by atoms with E-state index in [1.807, 2.05) is 47.1 Å². The molecule has 1 aliphatic carbocycles. The average Bonchev–Trinajstić information content (AvgIpc) is 3.09. The summed E-state index contributed by atoms with van der Waals surface area (Å²) >= 11 is 1.72. The first-order valence-electron chi connectivity index (χ1n) is 10.7. The predicted molar refractivity (Wildman–Crippen MR) is 119 cm³/mol. The van der Waals surface area contributed by atoms with Gasteiger partial charge < -0.3 is 9.80 Å². The van der Waals surface area contributed by atoms with Gasteiger partial charge in [0.05, 0.1) is 6.54 Å². The highest BCUT2D eigenvalue weighted by atomic mass is 32.1. The Morgan fingerprint density at radius 1 is 1.10 bits per heavy atom. The molecule has 2 amide bonds. The van der Waals surface area contributed by atoms with Gasteiger partial charge in [-0.05, 0) is 50.8 Å². The summed E-state index contributed by atoms with van der Waals surface area (Å²) in [7, 11) is 0. The van der Waals surface area contributed by atoms with Crippen molar-refractivity contribution in [2.45, 2.75) is 65.6 Å². The summed E-state index contributed by atoms with van der Waals surface area (Å²) in [5, 5.41) is 0. The van der Waals surface area contributed by atoms with Gasteiger partial charge in [0.1, 0.15) is 6.54 Å². The van der Waals surface area contributed by atoms with Crippen LogP contribution in [0.2, 0.25) is 0 Å². The molecule has 1 heterocycles. The number of nitrogens with zero attached hydrogens (tertiary/aromatic N) is 2. The van der Waals surface area contributed by atoms with Gasteiger partial charge in [-0.2, -0.15) is 0 Å². The molecule has 5 heteroatoms. The zero-order chi connectivity index (χ0) is 20.8. The van der Waals surface area contributed by atoms with Crippen LogP contribution in [0, 0.1) is 12.8 Å². The highest BCUT2D eigenvalue weighted by Gasteiger charge is 2.33. The monoisotopic (exact) mass is 412 g/mol. The highest BCUT2D eigenvalue weighted by molar-refractivity contribution is 7.11. The van der Waals surface area contributed by atoms with Gasteiger partial charge in [0.25, 0.3) is 0 Å². The van der Waals surface area contributed by atoms with Crippen molar-refractivity contribution in [3.05, 3.63) is 57.8 Å². The molecule has 1 atom stereocenters. The largest absolute Gasteiger partial charge is 0.332 e. The molecule has 0 spiro atoms. The van der Waals surface area contributed by atoms with Gasteiger partial charge >= 0.3 is 0 Å². The van der Waals surface area contributed by atoms with Crippen LogP contribution < -0.4 is 0 Å². The molecule has 0 radical (unpaired) electrons. The number of carbonyl (C=O) groups is 2. The minimum absolute atomic E-state index is 0.0212. The van der Waals surface area contributed by atoms with Crippen LogP contribution in [-0.4, -0.2) is 34.2 Å². The van der Waals surface area contributed by atoms with Crippen molar-refractivity contribution in [1.29, 1.82) is 0 Å². The summed E-state index contributed by atoms with van der Waals surface area (Å²) < 4.78 is 0. The van der Waals surface area contributed by atoms with Crippen LogP contribution in [0.1, 0.15) is 54.8 Å². The second-order valence-electron chi connectivity index (χ2n) is 8.10. The summed E-state index contributed by atoms with van der Waals surface area (Å²) in [5.41, 5.74) is 1.11. The highest BCUT2D eigenvalue weighted by Crippen LogP contribution is 2.29. The van der Waals surface area contributed by atoms with E-state index in [2.05, 4.69) is 26.0 Å². The van der Waals surface area contributed by atoms with Crippen molar-refractivity contribution in [1.82, 2.24) is 9.80 Å². The molecule has 4 nitrogen and oxygen atoms in total. The normalized spacial score (nSPS) is 14.9. The number of hydrogen-bond donors (Lipinski definition) is 0. The third-order valence-electron chi connectivity index (χ3n) is 5.88. The third kappa shape index (κ3) is 5.69. The van der Waals surface area contributed by atoms with E-state index < -0.39 is 0 Å². The Hall–Kier alpha value is -2.14. The molecule has 1 fully saturated rings. The minimum Gasteiger partial charge on any atom is -0.332 e. The fourth-order valence-corrected chi connectivity index (χ4v) is 4.51. The van der Waals surface area contributed by atoms with Crippen LogP contribution in [0.4, 0.5) is 0 Å². The average molecular weight is 413 g/mol.